The van der Waals surface area contributed by atoms with Gasteiger partial charge in [0, 0.05) is 4.90 Å². The number of hydrogen-bond acceptors (Lipinski definition) is 2. The Balaban J connectivity index is 1.91. The smallest absolute Gasteiger partial charge is 0.168 e. The number of ketones is 1. The monoisotopic (exact) mass is 274 g/mol. The van der Waals surface area contributed by atoms with Gasteiger partial charge in [-0.1, -0.05) is 37.1 Å². The lowest BCUT2D eigenvalue weighted by Crippen LogP contribution is -2.07. The van der Waals surface area contributed by atoms with Crippen molar-refractivity contribution in [2.75, 3.05) is 5.75 Å². The summed E-state index contributed by atoms with van der Waals surface area (Å²) in [6, 6.07) is 8.27. The van der Waals surface area contributed by atoms with Crippen molar-refractivity contribution in [3.8, 4) is 0 Å². The summed E-state index contributed by atoms with van der Waals surface area (Å²) in [5.41, 5.74) is 2.33. The fraction of sp³-hybridized carbons (Fsp3) is 0.471. The third kappa shape index (κ3) is 4.54. The molecule has 0 fully saturated rings. The highest BCUT2D eigenvalue weighted by atomic mass is 32.2. The Labute approximate surface area is 120 Å². The standard InChI is InChI=1S/C17H22OS/c1-14-9-7-8-12-17(14)19-13-16(18)15-10-5-3-2-4-6-11-15/h7-10,12H,2-6,11,13H2,1H3/b15-10+. The Hall–Kier alpha value is -1.02. The van der Waals surface area contributed by atoms with Gasteiger partial charge >= 0.3 is 0 Å². The summed E-state index contributed by atoms with van der Waals surface area (Å²) in [7, 11) is 0. The molecule has 0 amide bonds. The van der Waals surface area contributed by atoms with Crippen LogP contribution in [-0.4, -0.2) is 11.5 Å². The average Bonchev–Trinajstić information content (AvgIpc) is 2.37. The zero-order valence-corrected chi connectivity index (χ0v) is 12.5. The van der Waals surface area contributed by atoms with Gasteiger partial charge in [-0.3, -0.25) is 4.79 Å². The number of carbonyl (C=O) groups is 1. The first-order valence-corrected chi connectivity index (χ1v) is 8.16. The minimum atomic E-state index is 0.329. The fourth-order valence-electron chi connectivity index (χ4n) is 2.40. The van der Waals surface area contributed by atoms with Crippen LogP contribution in [0.5, 0.6) is 0 Å². The maximum Gasteiger partial charge on any atom is 0.168 e. The van der Waals surface area contributed by atoms with E-state index in [4.69, 9.17) is 0 Å². The number of Topliss-reactive ketones (excluding diaryl/α,β-unsaturated/α-hetero) is 1. The van der Waals surface area contributed by atoms with E-state index in [1.165, 1.54) is 36.1 Å². The Kier molecular flexibility index (Phi) is 5.71. The highest BCUT2D eigenvalue weighted by Crippen LogP contribution is 2.24. The lowest BCUT2D eigenvalue weighted by atomic mass is 9.98. The fourth-order valence-corrected chi connectivity index (χ4v) is 3.34. The quantitative estimate of drug-likeness (QED) is 0.724. The third-order valence-corrected chi connectivity index (χ3v) is 4.78. The first-order valence-electron chi connectivity index (χ1n) is 7.18. The van der Waals surface area contributed by atoms with Crippen LogP contribution >= 0.6 is 11.8 Å². The number of hydrogen-bond donors (Lipinski definition) is 0. The van der Waals surface area contributed by atoms with Crippen LogP contribution in [0.2, 0.25) is 0 Å². The molecule has 1 aliphatic carbocycles. The lowest BCUT2D eigenvalue weighted by molar-refractivity contribution is -0.113. The molecule has 0 N–H and O–H groups in total. The average molecular weight is 274 g/mol. The van der Waals surface area contributed by atoms with Gasteiger partial charge in [0.1, 0.15) is 0 Å². The summed E-state index contributed by atoms with van der Waals surface area (Å²) in [5.74, 6) is 0.909. The Morgan fingerprint density at radius 1 is 1.16 bits per heavy atom. The van der Waals surface area contributed by atoms with Gasteiger partial charge in [-0.25, -0.2) is 0 Å². The summed E-state index contributed by atoms with van der Waals surface area (Å²) in [6.45, 7) is 2.10. The van der Waals surface area contributed by atoms with E-state index in [0.717, 1.165) is 18.4 Å². The van der Waals surface area contributed by atoms with Crippen molar-refractivity contribution in [3.63, 3.8) is 0 Å². The Bertz CT molecular complexity index is 462. The van der Waals surface area contributed by atoms with Gasteiger partial charge in [-0.15, -0.1) is 11.8 Å². The first-order chi connectivity index (χ1) is 9.27. The van der Waals surface area contributed by atoms with Crippen molar-refractivity contribution >= 4 is 17.5 Å². The minimum Gasteiger partial charge on any atom is -0.294 e. The number of aryl methyl sites for hydroxylation is 1. The molecule has 1 aromatic carbocycles. The zero-order valence-electron chi connectivity index (χ0n) is 11.7. The number of carbonyl (C=O) groups excluding carboxylic acids is 1. The van der Waals surface area contributed by atoms with E-state index in [9.17, 15) is 4.79 Å². The second-order valence-electron chi connectivity index (χ2n) is 5.16. The number of allylic oxidation sites excluding steroid dienone is 2. The SMILES string of the molecule is Cc1ccccc1SCC(=O)/C1=C/CCCCCC1. The molecule has 102 valence electrons. The van der Waals surface area contributed by atoms with Crippen LogP contribution in [0.3, 0.4) is 0 Å². The van der Waals surface area contributed by atoms with Crippen LogP contribution in [0.1, 0.15) is 44.1 Å². The van der Waals surface area contributed by atoms with Crippen LogP contribution in [0.25, 0.3) is 0 Å². The first kappa shape index (κ1) is 14.4. The summed E-state index contributed by atoms with van der Waals surface area (Å²) in [4.78, 5) is 13.5. The molecule has 0 radical (unpaired) electrons. The zero-order chi connectivity index (χ0) is 13.5. The van der Waals surface area contributed by atoms with Gasteiger partial charge in [-0.2, -0.15) is 0 Å². The maximum absolute atomic E-state index is 12.3. The number of rotatable bonds is 4. The number of benzene rings is 1. The second-order valence-corrected chi connectivity index (χ2v) is 6.18. The molecule has 2 heteroatoms. The van der Waals surface area contributed by atoms with Crippen LogP contribution in [0.4, 0.5) is 0 Å². The van der Waals surface area contributed by atoms with E-state index in [-0.39, 0.29) is 0 Å². The molecule has 1 aromatic rings. The maximum atomic E-state index is 12.3. The molecule has 0 spiro atoms. The van der Waals surface area contributed by atoms with Crippen molar-refractivity contribution in [1.29, 1.82) is 0 Å². The van der Waals surface area contributed by atoms with Crippen molar-refractivity contribution in [2.45, 2.75) is 50.3 Å². The predicted molar refractivity (Wildman–Crippen MR) is 82.7 cm³/mol. The Morgan fingerprint density at radius 2 is 1.95 bits per heavy atom. The van der Waals surface area contributed by atoms with Crippen LogP contribution in [-0.2, 0) is 4.79 Å². The van der Waals surface area contributed by atoms with Gasteiger partial charge in [0.05, 0.1) is 5.75 Å². The van der Waals surface area contributed by atoms with E-state index in [1.54, 1.807) is 11.8 Å². The molecule has 2 rings (SSSR count). The van der Waals surface area contributed by atoms with Crippen molar-refractivity contribution < 1.29 is 4.79 Å². The van der Waals surface area contributed by atoms with Crippen molar-refractivity contribution in [1.82, 2.24) is 0 Å². The lowest BCUT2D eigenvalue weighted by Gasteiger charge is -2.11. The molecule has 0 heterocycles. The topological polar surface area (TPSA) is 17.1 Å². The van der Waals surface area contributed by atoms with Crippen molar-refractivity contribution in [2.24, 2.45) is 0 Å². The van der Waals surface area contributed by atoms with Gasteiger partial charge < -0.3 is 0 Å². The van der Waals surface area contributed by atoms with Crippen LogP contribution in [0, 0.1) is 6.92 Å². The largest absolute Gasteiger partial charge is 0.294 e. The second kappa shape index (κ2) is 7.54. The summed E-state index contributed by atoms with van der Waals surface area (Å²) in [5, 5.41) is 0. The molecule has 19 heavy (non-hydrogen) atoms. The molecule has 1 aliphatic rings. The highest BCUT2D eigenvalue weighted by molar-refractivity contribution is 8.00. The minimum absolute atomic E-state index is 0.329. The van der Waals surface area contributed by atoms with E-state index in [2.05, 4.69) is 25.1 Å². The van der Waals surface area contributed by atoms with Crippen LogP contribution < -0.4 is 0 Å². The molecule has 1 nitrogen and oxygen atoms in total. The summed E-state index contributed by atoms with van der Waals surface area (Å²) < 4.78 is 0. The van der Waals surface area contributed by atoms with Gasteiger partial charge in [0.25, 0.3) is 0 Å². The molecular weight excluding hydrogens is 252 g/mol. The van der Waals surface area contributed by atoms with Crippen LogP contribution in [0.15, 0.2) is 40.8 Å². The van der Waals surface area contributed by atoms with E-state index < -0.39 is 0 Å². The molecule has 0 saturated heterocycles. The molecule has 0 bridgehead atoms. The van der Waals surface area contributed by atoms with Gasteiger partial charge in [0.2, 0.25) is 0 Å². The van der Waals surface area contributed by atoms with E-state index in [1.807, 2.05) is 12.1 Å². The highest BCUT2D eigenvalue weighted by Gasteiger charge is 2.11. The molecular formula is C17H22OS. The molecule has 0 atom stereocenters. The summed E-state index contributed by atoms with van der Waals surface area (Å²) in [6.07, 6.45) is 9.24. The normalized spacial score (nSPS) is 19.1. The molecule has 0 saturated carbocycles. The number of thioether (sulfide) groups is 1. The third-order valence-electron chi connectivity index (χ3n) is 3.60. The predicted octanol–water partition coefficient (Wildman–Crippen LogP) is 4.94. The summed E-state index contributed by atoms with van der Waals surface area (Å²) >= 11 is 1.67. The van der Waals surface area contributed by atoms with Crippen molar-refractivity contribution in [3.05, 3.63) is 41.5 Å². The molecule has 0 unspecified atom stereocenters. The van der Waals surface area contributed by atoms with Gasteiger partial charge in [-0.05, 0) is 49.8 Å². The molecule has 0 aliphatic heterocycles. The van der Waals surface area contributed by atoms with E-state index >= 15 is 0 Å². The molecule has 0 aromatic heterocycles. The van der Waals surface area contributed by atoms with E-state index in [0.29, 0.717) is 11.5 Å². The Morgan fingerprint density at radius 3 is 2.79 bits per heavy atom. The van der Waals surface area contributed by atoms with Gasteiger partial charge in [0.15, 0.2) is 5.78 Å².